The molecule has 0 saturated heterocycles. The van der Waals surface area contributed by atoms with Crippen LogP contribution in [-0.2, 0) is 6.42 Å². The molecule has 20 heavy (non-hydrogen) atoms. The van der Waals surface area contributed by atoms with Gasteiger partial charge < -0.3 is 5.11 Å². The van der Waals surface area contributed by atoms with Crippen LogP contribution in [-0.4, -0.2) is 21.0 Å². The first kappa shape index (κ1) is 14.9. The number of hydrogen-bond acceptors (Lipinski definition) is 3. The van der Waals surface area contributed by atoms with Crippen LogP contribution >= 0.6 is 0 Å². The lowest BCUT2D eigenvalue weighted by molar-refractivity contribution is 0.0694. The molecule has 4 nitrogen and oxygen atoms in total. The van der Waals surface area contributed by atoms with Crippen LogP contribution in [0.15, 0.2) is 6.20 Å². The minimum Gasteiger partial charge on any atom is -0.478 e. The van der Waals surface area contributed by atoms with Gasteiger partial charge in [-0.1, -0.05) is 27.2 Å². The first-order chi connectivity index (χ1) is 9.43. The number of aromatic carboxylic acids is 1. The third kappa shape index (κ3) is 3.35. The molecule has 1 aromatic heterocycles. The van der Waals surface area contributed by atoms with E-state index in [-0.39, 0.29) is 5.56 Å². The molecule has 0 spiro atoms. The predicted octanol–water partition coefficient (Wildman–Crippen LogP) is 3.81. The third-order valence-electron chi connectivity index (χ3n) is 4.31. The van der Waals surface area contributed by atoms with Gasteiger partial charge in [0.25, 0.3) is 0 Å². The summed E-state index contributed by atoms with van der Waals surface area (Å²) in [6.07, 6.45) is 7.67. The van der Waals surface area contributed by atoms with E-state index in [0.29, 0.717) is 23.4 Å². The molecule has 1 aromatic rings. The molecule has 1 heterocycles. The Morgan fingerprint density at radius 3 is 2.60 bits per heavy atom. The summed E-state index contributed by atoms with van der Waals surface area (Å²) in [6.45, 7) is 6.65. The number of carbonyl (C=O) groups is 1. The van der Waals surface area contributed by atoms with E-state index in [2.05, 4.69) is 23.8 Å². The molecule has 0 bridgehead atoms. The minimum absolute atomic E-state index is 0.256. The number of carboxylic acid groups (broad SMARTS) is 1. The second-order valence-corrected chi connectivity index (χ2v) is 6.58. The Balaban J connectivity index is 2.21. The topological polar surface area (TPSA) is 63.1 Å². The largest absolute Gasteiger partial charge is 0.478 e. The Kier molecular flexibility index (Phi) is 4.41. The minimum atomic E-state index is -0.926. The Morgan fingerprint density at radius 1 is 1.40 bits per heavy atom. The van der Waals surface area contributed by atoms with E-state index >= 15 is 0 Å². The highest BCUT2D eigenvalue weighted by Crippen LogP contribution is 2.41. The molecule has 2 rings (SSSR count). The number of rotatable bonds is 4. The van der Waals surface area contributed by atoms with Crippen LogP contribution in [0.3, 0.4) is 0 Å². The maximum Gasteiger partial charge on any atom is 0.339 e. The highest BCUT2D eigenvalue weighted by atomic mass is 16.4. The Bertz CT molecular complexity index is 487. The number of carboxylic acids is 1. The molecule has 0 aromatic carbocycles. The summed E-state index contributed by atoms with van der Waals surface area (Å²) in [4.78, 5) is 20.1. The van der Waals surface area contributed by atoms with E-state index in [1.165, 1.54) is 19.0 Å². The molecule has 0 atom stereocenters. The lowest BCUT2D eigenvalue weighted by Gasteiger charge is -2.33. The van der Waals surface area contributed by atoms with Crippen molar-refractivity contribution in [1.29, 1.82) is 0 Å². The second-order valence-electron chi connectivity index (χ2n) is 6.58. The van der Waals surface area contributed by atoms with E-state index < -0.39 is 5.97 Å². The molecule has 1 N–H and O–H groups in total. The van der Waals surface area contributed by atoms with Gasteiger partial charge in [-0.15, -0.1) is 0 Å². The summed E-state index contributed by atoms with van der Waals surface area (Å²) in [7, 11) is 0. The fourth-order valence-electron chi connectivity index (χ4n) is 2.89. The maximum absolute atomic E-state index is 11.2. The average molecular weight is 276 g/mol. The molecular weight excluding hydrogens is 252 g/mol. The summed E-state index contributed by atoms with van der Waals surface area (Å²) in [5, 5.41) is 9.18. The fraction of sp³-hybridized carbons (Fsp3) is 0.688. The van der Waals surface area contributed by atoms with Crippen LogP contribution in [0, 0.1) is 5.41 Å². The van der Waals surface area contributed by atoms with Gasteiger partial charge in [0.1, 0.15) is 5.82 Å². The number of aryl methyl sites for hydroxylation is 1. The van der Waals surface area contributed by atoms with Gasteiger partial charge in [0.2, 0.25) is 0 Å². The first-order valence-corrected chi connectivity index (χ1v) is 7.52. The van der Waals surface area contributed by atoms with Crippen LogP contribution in [0.2, 0.25) is 0 Å². The Morgan fingerprint density at radius 2 is 2.05 bits per heavy atom. The molecule has 1 aliphatic rings. The maximum atomic E-state index is 11.2. The summed E-state index contributed by atoms with van der Waals surface area (Å²) < 4.78 is 0. The van der Waals surface area contributed by atoms with Crippen molar-refractivity contribution >= 4 is 5.97 Å². The normalized spacial score (nSPS) is 18.9. The molecule has 110 valence electrons. The van der Waals surface area contributed by atoms with Crippen LogP contribution in [0.4, 0.5) is 0 Å². The SMILES string of the molecule is CCCc1nc(C2CCC(C)(C)CC2)ncc1C(=O)O. The Labute approximate surface area is 120 Å². The van der Waals surface area contributed by atoms with Crippen molar-refractivity contribution in [2.45, 2.75) is 65.2 Å². The first-order valence-electron chi connectivity index (χ1n) is 7.52. The molecular formula is C16H24N2O2. The van der Waals surface area contributed by atoms with Crippen molar-refractivity contribution in [3.05, 3.63) is 23.3 Å². The van der Waals surface area contributed by atoms with Gasteiger partial charge in [0.05, 0.1) is 11.3 Å². The van der Waals surface area contributed by atoms with E-state index in [1.807, 2.05) is 6.92 Å². The van der Waals surface area contributed by atoms with Gasteiger partial charge in [-0.2, -0.15) is 0 Å². The van der Waals surface area contributed by atoms with Crippen LogP contribution < -0.4 is 0 Å². The van der Waals surface area contributed by atoms with E-state index in [1.54, 1.807) is 0 Å². The van der Waals surface area contributed by atoms with Crippen molar-refractivity contribution in [3.8, 4) is 0 Å². The van der Waals surface area contributed by atoms with Crippen LogP contribution in [0.1, 0.15) is 80.7 Å². The van der Waals surface area contributed by atoms with E-state index in [9.17, 15) is 9.90 Å². The standard InChI is InChI=1S/C16H24N2O2/c1-4-5-13-12(15(19)20)10-17-14(18-13)11-6-8-16(2,3)9-7-11/h10-11H,4-9H2,1-3H3,(H,19,20). The zero-order valence-corrected chi connectivity index (χ0v) is 12.6. The molecule has 0 radical (unpaired) electrons. The lowest BCUT2D eigenvalue weighted by Crippen LogP contribution is -2.22. The highest BCUT2D eigenvalue weighted by Gasteiger charge is 2.29. The van der Waals surface area contributed by atoms with Crippen molar-refractivity contribution in [1.82, 2.24) is 9.97 Å². The number of hydrogen-bond donors (Lipinski definition) is 1. The van der Waals surface area contributed by atoms with E-state index in [0.717, 1.165) is 25.1 Å². The summed E-state index contributed by atoms with van der Waals surface area (Å²) in [5.74, 6) is 0.306. The molecule has 0 amide bonds. The zero-order valence-electron chi connectivity index (χ0n) is 12.6. The van der Waals surface area contributed by atoms with Crippen molar-refractivity contribution in [2.75, 3.05) is 0 Å². The molecule has 4 heteroatoms. The molecule has 1 aliphatic carbocycles. The number of nitrogens with zero attached hydrogens (tertiary/aromatic N) is 2. The lowest BCUT2D eigenvalue weighted by atomic mass is 9.73. The van der Waals surface area contributed by atoms with Crippen LogP contribution in [0.5, 0.6) is 0 Å². The molecule has 0 aliphatic heterocycles. The van der Waals surface area contributed by atoms with Gasteiger partial charge in [0.15, 0.2) is 0 Å². The molecule has 1 fully saturated rings. The van der Waals surface area contributed by atoms with Crippen LogP contribution in [0.25, 0.3) is 0 Å². The Hall–Kier alpha value is -1.45. The van der Waals surface area contributed by atoms with Crippen molar-refractivity contribution < 1.29 is 9.90 Å². The van der Waals surface area contributed by atoms with Gasteiger partial charge in [-0.3, -0.25) is 0 Å². The smallest absolute Gasteiger partial charge is 0.339 e. The fourth-order valence-corrected chi connectivity index (χ4v) is 2.89. The average Bonchev–Trinajstić information content (AvgIpc) is 2.38. The monoisotopic (exact) mass is 276 g/mol. The third-order valence-corrected chi connectivity index (χ3v) is 4.31. The van der Waals surface area contributed by atoms with E-state index in [4.69, 9.17) is 0 Å². The predicted molar refractivity (Wildman–Crippen MR) is 78.0 cm³/mol. The van der Waals surface area contributed by atoms with Gasteiger partial charge >= 0.3 is 5.97 Å². The quantitative estimate of drug-likeness (QED) is 0.908. The van der Waals surface area contributed by atoms with Gasteiger partial charge in [-0.25, -0.2) is 14.8 Å². The van der Waals surface area contributed by atoms with Gasteiger partial charge in [-0.05, 0) is 37.5 Å². The zero-order chi connectivity index (χ0) is 14.8. The van der Waals surface area contributed by atoms with Gasteiger partial charge in [0, 0.05) is 12.1 Å². The second kappa shape index (κ2) is 5.90. The number of aromatic nitrogens is 2. The summed E-state index contributed by atoms with van der Waals surface area (Å²) >= 11 is 0. The molecule has 1 saturated carbocycles. The molecule has 0 unspecified atom stereocenters. The summed E-state index contributed by atoms with van der Waals surface area (Å²) in [5.41, 5.74) is 1.37. The highest BCUT2D eigenvalue weighted by molar-refractivity contribution is 5.88. The van der Waals surface area contributed by atoms with Crippen molar-refractivity contribution in [3.63, 3.8) is 0 Å². The summed E-state index contributed by atoms with van der Waals surface area (Å²) in [6, 6.07) is 0. The van der Waals surface area contributed by atoms with Crippen molar-refractivity contribution in [2.24, 2.45) is 5.41 Å².